The Morgan fingerprint density at radius 2 is 1.84 bits per heavy atom. The van der Waals surface area contributed by atoms with Gasteiger partial charge in [-0.3, -0.25) is 0 Å². The summed E-state index contributed by atoms with van der Waals surface area (Å²) < 4.78 is 13.5. The average molecular weight is 257 g/mol. The molecule has 0 saturated heterocycles. The van der Waals surface area contributed by atoms with Crippen LogP contribution >= 0.6 is 0 Å². The van der Waals surface area contributed by atoms with Gasteiger partial charge in [0.05, 0.1) is 0 Å². The minimum absolute atomic E-state index is 0.175. The van der Waals surface area contributed by atoms with Crippen molar-refractivity contribution in [2.75, 3.05) is 6.54 Å². The van der Waals surface area contributed by atoms with Gasteiger partial charge in [-0.1, -0.05) is 31.2 Å². The van der Waals surface area contributed by atoms with Crippen molar-refractivity contribution >= 4 is 0 Å². The Hall–Kier alpha value is -1.67. The summed E-state index contributed by atoms with van der Waals surface area (Å²) in [5.41, 5.74) is 5.44. The van der Waals surface area contributed by atoms with Crippen LogP contribution in [0.3, 0.4) is 0 Å². The van der Waals surface area contributed by atoms with E-state index in [-0.39, 0.29) is 5.82 Å². The molecule has 0 aliphatic carbocycles. The molecule has 1 N–H and O–H groups in total. The Kier molecular flexibility index (Phi) is 4.33. The van der Waals surface area contributed by atoms with Gasteiger partial charge in [0.1, 0.15) is 5.82 Å². The largest absolute Gasteiger partial charge is 0.313 e. The van der Waals surface area contributed by atoms with E-state index in [9.17, 15) is 4.39 Å². The minimum Gasteiger partial charge on any atom is -0.313 e. The molecule has 0 fully saturated rings. The summed E-state index contributed by atoms with van der Waals surface area (Å²) in [6.45, 7) is 7.92. The Morgan fingerprint density at radius 3 is 2.47 bits per heavy atom. The van der Waals surface area contributed by atoms with Gasteiger partial charge in [0.25, 0.3) is 0 Å². The van der Waals surface area contributed by atoms with Gasteiger partial charge in [0.15, 0.2) is 0 Å². The van der Waals surface area contributed by atoms with Crippen LogP contribution in [-0.4, -0.2) is 6.54 Å². The van der Waals surface area contributed by atoms with Gasteiger partial charge in [0, 0.05) is 6.54 Å². The number of benzene rings is 2. The third kappa shape index (κ3) is 3.42. The van der Waals surface area contributed by atoms with E-state index in [0.717, 1.165) is 29.8 Å². The fourth-order valence-electron chi connectivity index (χ4n) is 2.32. The Morgan fingerprint density at radius 1 is 1.05 bits per heavy atom. The van der Waals surface area contributed by atoms with E-state index in [2.05, 4.69) is 37.4 Å². The summed E-state index contributed by atoms with van der Waals surface area (Å²) in [5, 5.41) is 3.31. The summed E-state index contributed by atoms with van der Waals surface area (Å²) in [6, 6.07) is 11.5. The number of hydrogen-bond acceptors (Lipinski definition) is 1. The molecular formula is C17H20FN. The fourth-order valence-corrected chi connectivity index (χ4v) is 2.32. The second kappa shape index (κ2) is 5.98. The molecule has 0 radical (unpaired) electrons. The Labute approximate surface area is 114 Å². The lowest BCUT2D eigenvalue weighted by Gasteiger charge is -2.10. The second-order valence-electron chi connectivity index (χ2n) is 4.95. The van der Waals surface area contributed by atoms with Crippen LogP contribution in [0.4, 0.5) is 4.39 Å². The molecule has 0 unspecified atom stereocenters. The monoisotopic (exact) mass is 257 g/mol. The number of hydrogen-bond donors (Lipinski definition) is 1. The topological polar surface area (TPSA) is 12.0 Å². The van der Waals surface area contributed by atoms with Crippen molar-refractivity contribution in [2.24, 2.45) is 0 Å². The predicted octanol–water partition coefficient (Wildman–Crippen LogP) is 4.22. The molecule has 1 nitrogen and oxygen atoms in total. The summed E-state index contributed by atoms with van der Waals surface area (Å²) >= 11 is 0. The van der Waals surface area contributed by atoms with Gasteiger partial charge >= 0.3 is 0 Å². The minimum atomic E-state index is -0.175. The van der Waals surface area contributed by atoms with Crippen LogP contribution < -0.4 is 5.32 Å². The first-order valence-electron chi connectivity index (χ1n) is 6.68. The molecule has 0 aliphatic heterocycles. The van der Waals surface area contributed by atoms with Gasteiger partial charge in [-0.2, -0.15) is 0 Å². The number of aryl methyl sites for hydroxylation is 2. The van der Waals surface area contributed by atoms with Crippen LogP contribution in [0, 0.1) is 19.7 Å². The maximum atomic E-state index is 13.5. The summed E-state index contributed by atoms with van der Waals surface area (Å²) in [6.07, 6.45) is 0. The van der Waals surface area contributed by atoms with Crippen molar-refractivity contribution in [3.05, 3.63) is 58.9 Å². The summed E-state index contributed by atoms with van der Waals surface area (Å²) in [4.78, 5) is 0. The molecule has 0 spiro atoms. The first-order chi connectivity index (χ1) is 9.10. The van der Waals surface area contributed by atoms with Crippen molar-refractivity contribution < 1.29 is 4.39 Å². The maximum Gasteiger partial charge on any atom is 0.124 e. The van der Waals surface area contributed by atoms with Crippen LogP contribution in [0.25, 0.3) is 11.1 Å². The molecular weight excluding hydrogens is 237 g/mol. The zero-order valence-electron chi connectivity index (χ0n) is 11.8. The molecule has 0 heterocycles. The molecule has 0 atom stereocenters. The molecule has 2 heteroatoms. The van der Waals surface area contributed by atoms with Gasteiger partial charge < -0.3 is 5.32 Å². The normalized spacial score (nSPS) is 10.7. The summed E-state index contributed by atoms with van der Waals surface area (Å²) in [7, 11) is 0. The number of halogens is 1. The van der Waals surface area contributed by atoms with Crippen LogP contribution in [0.1, 0.15) is 23.6 Å². The third-order valence-electron chi connectivity index (χ3n) is 3.22. The van der Waals surface area contributed by atoms with E-state index in [1.165, 1.54) is 11.1 Å². The Bertz CT molecular complexity index is 555. The lowest BCUT2D eigenvalue weighted by molar-refractivity contribution is 0.627. The van der Waals surface area contributed by atoms with Crippen molar-refractivity contribution in [3.63, 3.8) is 0 Å². The average Bonchev–Trinajstić information content (AvgIpc) is 2.35. The molecule has 0 saturated carbocycles. The molecule has 2 aromatic rings. The molecule has 0 amide bonds. The molecule has 0 aliphatic rings. The lowest BCUT2D eigenvalue weighted by Crippen LogP contribution is -2.11. The SMILES string of the molecule is CCNCc1ccc(-c2cc(C)cc(F)c2)c(C)c1. The molecule has 0 bridgehead atoms. The quantitative estimate of drug-likeness (QED) is 0.864. The van der Waals surface area contributed by atoms with E-state index in [1.54, 1.807) is 12.1 Å². The number of nitrogens with one attached hydrogen (secondary N) is 1. The molecule has 0 aromatic heterocycles. The van der Waals surface area contributed by atoms with Crippen LogP contribution in [0.2, 0.25) is 0 Å². The lowest BCUT2D eigenvalue weighted by atomic mass is 9.97. The zero-order valence-corrected chi connectivity index (χ0v) is 11.8. The predicted molar refractivity (Wildman–Crippen MR) is 78.7 cm³/mol. The van der Waals surface area contributed by atoms with Gasteiger partial charge in [0.2, 0.25) is 0 Å². The summed E-state index contributed by atoms with van der Waals surface area (Å²) in [5.74, 6) is -0.175. The second-order valence-corrected chi connectivity index (χ2v) is 4.95. The van der Waals surface area contributed by atoms with Crippen molar-refractivity contribution in [2.45, 2.75) is 27.3 Å². The third-order valence-corrected chi connectivity index (χ3v) is 3.22. The van der Waals surface area contributed by atoms with Crippen LogP contribution in [-0.2, 0) is 6.54 Å². The first-order valence-corrected chi connectivity index (χ1v) is 6.68. The van der Waals surface area contributed by atoms with Crippen LogP contribution in [0.15, 0.2) is 36.4 Å². The van der Waals surface area contributed by atoms with Gasteiger partial charge in [-0.15, -0.1) is 0 Å². The van der Waals surface area contributed by atoms with E-state index in [4.69, 9.17) is 0 Å². The van der Waals surface area contributed by atoms with E-state index < -0.39 is 0 Å². The van der Waals surface area contributed by atoms with Gasteiger partial charge in [-0.25, -0.2) is 4.39 Å². The van der Waals surface area contributed by atoms with Crippen molar-refractivity contribution in [3.8, 4) is 11.1 Å². The maximum absolute atomic E-state index is 13.5. The van der Waals surface area contributed by atoms with E-state index >= 15 is 0 Å². The molecule has 19 heavy (non-hydrogen) atoms. The highest BCUT2D eigenvalue weighted by Gasteiger charge is 2.05. The zero-order chi connectivity index (χ0) is 13.8. The van der Waals surface area contributed by atoms with E-state index in [1.807, 2.05) is 13.0 Å². The van der Waals surface area contributed by atoms with Crippen molar-refractivity contribution in [1.29, 1.82) is 0 Å². The first kappa shape index (κ1) is 13.8. The smallest absolute Gasteiger partial charge is 0.124 e. The number of rotatable bonds is 4. The highest BCUT2D eigenvalue weighted by molar-refractivity contribution is 5.68. The molecule has 2 aromatic carbocycles. The van der Waals surface area contributed by atoms with Crippen LogP contribution in [0.5, 0.6) is 0 Å². The fraction of sp³-hybridized carbons (Fsp3) is 0.294. The standard InChI is InChI=1S/C17H20FN/c1-4-19-11-14-5-6-17(13(3)9-14)15-7-12(2)8-16(18)10-15/h5-10,19H,4,11H2,1-3H3. The molecule has 2 rings (SSSR count). The highest BCUT2D eigenvalue weighted by Crippen LogP contribution is 2.26. The van der Waals surface area contributed by atoms with Gasteiger partial charge in [-0.05, 0) is 60.3 Å². The Balaban J connectivity index is 2.34. The highest BCUT2D eigenvalue weighted by atomic mass is 19.1. The van der Waals surface area contributed by atoms with Crippen molar-refractivity contribution in [1.82, 2.24) is 5.32 Å². The van der Waals surface area contributed by atoms with E-state index in [0.29, 0.717) is 0 Å². The molecule has 100 valence electrons.